The van der Waals surface area contributed by atoms with Crippen molar-refractivity contribution in [2.75, 3.05) is 4.90 Å². The van der Waals surface area contributed by atoms with E-state index >= 15 is 0 Å². The fourth-order valence-electron chi connectivity index (χ4n) is 10.3. The maximum atomic E-state index is 2.51. The summed E-state index contributed by atoms with van der Waals surface area (Å²) in [7, 11) is -2.70. The van der Waals surface area contributed by atoms with E-state index in [9.17, 15) is 0 Å². The van der Waals surface area contributed by atoms with Gasteiger partial charge in [0.25, 0.3) is 0 Å². The third-order valence-corrected chi connectivity index (χ3v) is 17.9. The molecule has 0 amide bonds. The van der Waals surface area contributed by atoms with E-state index in [-0.39, 0.29) is 0 Å². The fraction of sp³-hybridized carbons (Fsp3) is 0. The lowest BCUT2D eigenvalue weighted by Crippen LogP contribution is -2.72. The van der Waals surface area contributed by atoms with Crippen LogP contribution < -0.4 is 25.6 Å². The summed E-state index contributed by atoms with van der Waals surface area (Å²) in [6, 6.07) is 94.0. The van der Waals surface area contributed by atoms with E-state index in [1.165, 1.54) is 81.6 Å². The molecule has 10 aromatic carbocycles. The van der Waals surface area contributed by atoms with Crippen molar-refractivity contribution in [1.29, 1.82) is 0 Å². The van der Waals surface area contributed by atoms with Crippen LogP contribution in [-0.2, 0) is 0 Å². The molecule has 2 heterocycles. The van der Waals surface area contributed by atoms with E-state index in [2.05, 4.69) is 264 Å². The molecule has 11 aromatic rings. The van der Waals surface area contributed by atoms with Gasteiger partial charge in [0.2, 0.25) is 0 Å². The van der Waals surface area contributed by atoms with Crippen molar-refractivity contribution in [3.05, 3.63) is 255 Å². The molecule has 1 aromatic heterocycles. The zero-order valence-electron chi connectivity index (χ0n) is 34.6. The summed E-state index contributed by atoms with van der Waals surface area (Å²) in [6.07, 6.45) is 0. The minimum Gasteiger partial charge on any atom is -0.311 e. The SMILES string of the molecule is c1ccc(-c2ccc(N(c3ccc(-c4ccc5c(c4)c4ccccc4n5-c4ccccc4)cc3)c3ccc4c(c3)[Si-](c3ccccc3)(c3ccccc3)c3ccccc3-4)cc2)cc1. The van der Waals surface area contributed by atoms with Crippen molar-refractivity contribution in [2.45, 2.75) is 0 Å². The average Bonchev–Trinajstić information content (AvgIpc) is 3.86. The lowest BCUT2D eigenvalue weighted by molar-refractivity contribution is 1.18. The van der Waals surface area contributed by atoms with Crippen LogP contribution in [0.25, 0.3) is 60.9 Å². The summed E-state index contributed by atoms with van der Waals surface area (Å²) in [5.74, 6) is 0. The summed E-state index contributed by atoms with van der Waals surface area (Å²) >= 11 is 0. The molecule has 3 heteroatoms. The van der Waals surface area contributed by atoms with E-state index in [4.69, 9.17) is 0 Å². The molecule has 0 fully saturated rings. The highest BCUT2D eigenvalue weighted by Crippen LogP contribution is 2.40. The maximum Gasteiger partial charge on any atom is 0.0541 e. The molecule has 63 heavy (non-hydrogen) atoms. The maximum absolute atomic E-state index is 2.70. The van der Waals surface area contributed by atoms with Crippen LogP contribution in [0.1, 0.15) is 0 Å². The number of para-hydroxylation sites is 2. The quantitative estimate of drug-likeness (QED) is 0.139. The fourth-order valence-corrected chi connectivity index (χ4v) is 15.5. The van der Waals surface area contributed by atoms with Crippen molar-refractivity contribution < 1.29 is 0 Å². The first-order valence-electron chi connectivity index (χ1n) is 21.8. The highest BCUT2D eigenvalue weighted by atomic mass is 28.3. The van der Waals surface area contributed by atoms with Gasteiger partial charge in [-0.1, -0.05) is 205 Å². The molecule has 0 unspecified atom stereocenters. The van der Waals surface area contributed by atoms with Gasteiger partial charge >= 0.3 is 0 Å². The normalized spacial score (nSPS) is 12.6. The summed E-state index contributed by atoms with van der Waals surface area (Å²) in [5, 5.41) is 8.16. The zero-order valence-corrected chi connectivity index (χ0v) is 35.6. The molecule has 0 N–H and O–H groups in total. The molecule has 0 aliphatic carbocycles. The Labute approximate surface area is 369 Å². The van der Waals surface area contributed by atoms with Gasteiger partial charge in [-0.3, -0.25) is 0 Å². The Balaban J connectivity index is 1.01. The van der Waals surface area contributed by atoms with E-state index in [1.807, 2.05) is 0 Å². The van der Waals surface area contributed by atoms with Crippen LogP contribution >= 0.6 is 0 Å². The first kappa shape index (κ1) is 36.8. The lowest BCUT2D eigenvalue weighted by Gasteiger charge is -2.44. The molecule has 0 spiro atoms. The van der Waals surface area contributed by atoms with Crippen LogP contribution in [0.4, 0.5) is 17.1 Å². The Bertz CT molecular complexity index is 3380. The third kappa shape index (κ3) is 6.00. The van der Waals surface area contributed by atoms with Gasteiger partial charge in [0, 0.05) is 33.5 Å². The molecule has 1 aliphatic rings. The van der Waals surface area contributed by atoms with Gasteiger partial charge in [-0.05, 0) is 91.0 Å². The van der Waals surface area contributed by atoms with Gasteiger partial charge < -0.3 is 9.47 Å². The third-order valence-electron chi connectivity index (χ3n) is 13.1. The lowest BCUT2D eigenvalue weighted by atomic mass is 10.0. The standard InChI is InChI=1S/C60H42N2Si/c1-5-17-43(18-6-1)44-29-34-48(35-30-44)61(49-36-31-45(32-37-49)46-33-40-58-56(41-46)53-25-13-15-27-57(53)62(58)47-19-7-2-8-20-47)50-38-39-55-54-26-14-16-28-59(54)63(60(55)42-50,51-21-9-3-10-22-51)52-23-11-4-12-24-52/h1-42H/q-1. The zero-order chi connectivity index (χ0) is 41.7. The van der Waals surface area contributed by atoms with E-state index in [0.29, 0.717) is 0 Å². The van der Waals surface area contributed by atoms with Crippen LogP contribution in [0.15, 0.2) is 255 Å². The van der Waals surface area contributed by atoms with Gasteiger partial charge in [-0.15, -0.1) is 0 Å². The number of aromatic nitrogens is 1. The smallest absolute Gasteiger partial charge is 0.0541 e. The van der Waals surface area contributed by atoms with Crippen LogP contribution in [0.3, 0.4) is 0 Å². The number of anilines is 3. The first-order valence-corrected chi connectivity index (χ1v) is 23.8. The monoisotopic (exact) mass is 818 g/mol. The Morgan fingerprint density at radius 2 is 0.778 bits per heavy atom. The van der Waals surface area contributed by atoms with Crippen molar-refractivity contribution >= 4 is 67.7 Å². The molecular weight excluding hydrogens is 777 g/mol. The summed E-state index contributed by atoms with van der Waals surface area (Å²) < 4.78 is 2.38. The molecule has 2 nitrogen and oxygen atoms in total. The van der Waals surface area contributed by atoms with Crippen LogP contribution in [0.2, 0.25) is 0 Å². The predicted octanol–water partition coefficient (Wildman–Crippen LogP) is 12.9. The molecule has 0 saturated heterocycles. The second-order valence-electron chi connectivity index (χ2n) is 16.5. The van der Waals surface area contributed by atoms with E-state index in [1.54, 1.807) is 0 Å². The van der Waals surface area contributed by atoms with E-state index in [0.717, 1.165) is 17.1 Å². The Hall–Kier alpha value is -7.98. The summed E-state index contributed by atoms with van der Waals surface area (Å²) in [5.41, 5.74) is 14.4. The summed E-state index contributed by atoms with van der Waals surface area (Å²) in [6.45, 7) is 0. The minimum absolute atomic E-state index is 1.11. The molecule has 12 rings (SSSR count). The number of fused-ring (bicyclic) bond motifs is 6. The number of hydrogen-bond acceptors (Lipinski definition) is 1. The van der Waals surface area contributed by atoms with Gasteiger partial charge in [0.05, 0.1) is 11.0 Å². The Kier molecular flexibility index (Phi) is 8.87. The van der Waals surface area contributed by atoms with Gasteiger partial charge in [0.15, 0.2) is 0 Å². The number of hydrogen-bond donors (Lipinski definition) is 0. The molecule has 1 aliphatic heterocycles. The largest absolute Gasteiger partial charge is 0.311 e. The van der Waals surface area contributed by atoms with E-state index < -0.39 is 8.07 Å². The van der Waals surface area contributed by atoms with Crippen molar-refractivity contribution in [1.82, 2.24) is 4.57 Å². The van der Waals surface area contributed by atoms with Crippen LogP contribution in [0.5, 0.6) is 0 Å². The number of rotatable bonds is 8. The average molecular weight is 819 g/mol. The van der Waals surface area contributed by atoms with Crippen molar-refractivity contribution in [3.8, 4) is 39.1 Å². The molecule has 0 atom stereocenters. The Morgan fingerprint density at radius 1 is 0.302 bits per heavy atom. The molecule has 0 bridgehead atoms. The van der Waals surface area contributed by atoms with Gasteiger partial charge in [-0.2, -0.15) is 20.7 Å². The topological polar surface area (TPSA) is 8.17 Å². The van der Waals surface area contributed by atoms with Crippen molar-refractivity contribution in [3.63, 3.8) is 0 Å². The summed E-state index contributed by atoms with van der Waals surface area (Å²) in [4.78, 5) is 2.44. The predicted molar refractivity (Wildman–Crippen MR) is 269 cm³/mol. The second-order valence-corrected chi connectivity index (χ2v) is 20.2. The molecular formula is C60H42N2Si-. The van der Waals surface area contributed by atoms with Crippen molar-refractivity contribution in [2.24, 2.45) is 0 Å². The number of nitrogens with zero attached hydrogens (tertiary/aromatic N) is 2. The second kappa shape index (κ2) is 15.2. The van der Waals surface area contributed by atoms with Crippen LogP contribution in [0, 0.1) is 0 Å². The van der Waals surface area contributed by atoms with Crippen LogP contribution in [-0.4, -0.2) is 12.6 Å². The Morgan fingerprint density at radius 3 is 1.44 bits per heavy atom. The van der Waals surface area contributed by atoms with Gasteiger partial charge in [0.1, 0.15) is 0 Å². The molecule has 297 valence electrons. The van der Waals surface area contributed by atoms with Gasteiger partial charge in [-0.25, -0.2) is 0 Å². The minimum atomic E-state index is -2.70. The number of benzene rings is 10. The highest BCUT2D eigenvalue weighted by molar-refractivity contribution is 7.22. The first-order chi connectivity index (χ1) is 31.3. The molecule has 0 saturated carbocycles. The highest BCUT2D eigenvalue weighted by Gasteiger charge is 2.37. The molecule has 0 radical (unpaired) electrons.